The van der Waals surface area contributed by atoms with E-state index >= 15 is 0 Å². The highest BCUT2D eigenvalue weighted by Crippen LogP contribution is 2.18. The van der Waals surface area contributed by atoms with Crippen molar-refractivity contribution >= 4 is 17.5 Å². The van der Waals surface area contributed by atoms with Crippen LogP contribution in [0.15, 0.2) is 0 Å². The number of nitrogens with two attached hydrogens (primary N) is 1. The first-order chi connectivity index (χ1) is 8.12. The quantitative estimate of drug-likeness (QED) is 0.418. The van der Waals surface area contributed by atoms with Gasteiger partial charge in [0.1, 0.15) is 17.5 Å². The van der Waals surface area contributed by atoms with Gasteiger partial charge in [-0.3, -0.25) is 4.79 Å². The second-order valence-electron chi connectivity index (χ2n) is 3.49. The molecular weight excluding hydrogens is 220 g/mol. The lowest BCUT2D eigenvalue weighted by atomic mass is 10.3. The van der Waals surface area contributed by atoms with Crippen molar-refractivity contribution in [3.8, 4) is 0 Å². The Bertz CT molecular complexity index is 406. The van der Waals surface area contributed by atoms with E-state index in [0.717, 1.165) is 5.56 Å². The molecule has 0 atom stereocenters. The molecule has 17 heavy (non-hydrogen) atoms. The normalized spacial score (nSPS) is 9.88. The lowest BCUT2D eigenvalue weighted by Crippen LogP contribution is -2.27. The van der Waals surface area contributed by atoms with E-state index in [2.05, 4.69) is 26.0 Å². The van der Waals surface area contributed by atoms with E-state index in [-0.39, 0.29) is 12.5 Å². The van der Waals surface area contributed by atoms with Crippen molar-refractivity contribution < 1.29 is 4.79 Å². The number of hydrogen-bond acceptors (Lipinski definition) is 6. The van der Waals surface area contributed by atoms with Gasteiger partial charge in [0.2, 0.25) is 5.91 Å². The second-order valence-corrected chi connectivity index (χ2v) is 3.49. The fraction of sp³-hybridized carbons (Fsp3) is 0.500. The Balaban J connectivity index is 2.93. The third kappa shape index (κ3) is 3.28. The van der Waals surface area contributed by atoms with Gasteiger partial charge in [0.15, 0.2) is 0 Å². The maximum atomic E-state index is 11.1. The molecule has 0 fully saturated rings. The van der Waals surface area contributed by atoms with Gasteiger partial charge in [-0.15, -0.1) is 0 Å². The van der Waals surface area contributed by atoms with Crippen LogP contribution in [0.3, 0.4) is 0 Å². The first-order valence-corrected chi connectivity index (χ1v) is 5.40. The first kappa shape index (κ1) is 13.2. The molecule has 0 aliphatic heterocycles. The topological polar surface area (TPSA) is 105 Å². The van der Waals surface area contributed by atoms with Crippen LogP contribution in [0.4, 0.5) is 11.6 Å². The molecule has 1 heterocycles. The number of likely N-dealkylation sites (N-methyl/N-ethyl adjacent to an activating group) is 1. The summed E-state index contributed by atoms with van der Waals surface area (Å²) in [5.41, 5.74) is 3.31. The Hall–Kier alpha value is -1.89. The highest BCUT2D eigenvalue weighted by molar-refractivity contribution is 5.80. The predicted molar refractivity (Wildman–Crippen MR) is 66.5 cm³/mol. The van der Waals surface area contributed by atoms with Crippen LogP contribution in [-0.4, -0.2) is 29.5 Å². The van der Waals surface area contributed by atoms with Gasteiger partial charge in [-0.25, -0.2) is 15.8 Å². The summed E-state index contributed by atoms with van der Waals surface area (Å²) in [7, 11) is 1.58. The van der Waals surface area contributed by atoms with Crippen LogP contribution in [0.5, 0.6) is 0 Å². The van der Waals surface area contributed by atoms with Gasteiger partial charge in [-0.05, 0) is 6.92 Å². The lowest BCUT2D eigenvalue weighted by Gasteiger charge is -2.12. The molecule has 0 saturated carbocycles. The fourth-order valence-electron chi connectivity index (χ4n) is 1.29. The fourth-order valence-corrected chi connectivity index (χ4v) is 1.29. The van der Waals surface area contributed by atoms with Crippen LogP contribution in [0, 0.1) is 6.92 Å². The summed E-state index contributed by atoms with van der Waals surface area (Å²) >= 11 is 0. The number of aromatic nitrogens is 2. The molecule has 94 valence electrons. The maximum Gasteiger partial charge on any atom is 0.239 e. The molecular formula is C10H18N6O. The van der Waals surface area contributed by atoms with Crippen LogP contribution >= 0.6 is 0 Å². The minimum atomic E-state index is -0.108. The predicted octanol–water partition coefficient (Wildman–Crippen LogP) is -0.209. The van der Waals surface area contributed by atoms with Crippen molar-refractivity contribution in [2.45, 2.75) is 20.3 Å². The minimum Gasteiger partial charge on any atom is -0.361 e. The summed E-state index contributed by atoms with van der Waals surface area (Å²) in [6, 6.07) is 0. The standard InChI is InChI=1S/C10H18N6O/c1-4-7-14-9(13-5-8(17)12-3)6(2)10(15-7)16-11/h4-5,11H2,1-3H3,(H,12,17)(H2,13,14,15,16). The van der Waals surface area contributed by atoms with Crippen LogP contribution in [-0.2, 0) is 11.2 Å². The number of carbonyl (C=O) groups excluding carboxylic acids is 1. The van der Waals surface area contributed by atoms with E-state index in [9.17, 15) is 4.79 Å². The van der Waals surface area contributed by atoms with Crippen LogP contribution in [0.1, 0.15) is 18.3 Å². The highest BCUT2D eigenvalue weighted by Gasteiger charge is 2.09. The van der Waals surface area contributed by atoms with Gasteiger partial charge in [-0.2, -0.15) is 0 Å². The monoisotopic (exact) mass is 238 g/mol. The molecule has 0 bridgehead atoms. The van der Waals surface area contributed by atoms with E-state index in [1.165, 1.54) is 0 Å². The smallest absolute Gasteiger partial charge is 0.239 e. The molecule has 0 saturated heterocycles. The molecule has 1 aromatic heterocycles. The van der Waals surface area contributed by atoms with E-state index < -0.39 is 0 Å². The number of nitrogens with one attached hydrogen (secondary N) is 3. The summed E-state index contributed by atoms with van der Waals surface area (Å²) in [5, 5.41) is 5.48. The molecule has 0 spiro atoms. The van der Waals surface area contributed by atoms with Gasteiger partial charge in [0.25, 0.3) is 0 Å². The van der Waals surface area contributed by atoms with Crippen LogP contribution in [0.25, 0.3) is 0 Å². The zero-order valence-electron chi connectivity index (χ0n) is 10.3. The molecule has 0 aliphatic carbocycles. The van der Waals surface area contributed by atoms with Gasteiger partial charge in [0, 0.05) is 19.0 Å². The van der Waals surface area contributed by atoms with Crippen LogP contribution < -0.4 is 21.9 Å². The molecule has 7 heteroatoms. The number of rotatable bonds is 5. The van der Waals surface area contributed by atoms with Gasteiger partial charge < -0.3 is 16.1 Å². The van der Waals surface area contributed by atoms with E-state index in [1.807, 2.05) is 13.8 Å². The van der Waals surface area contributed by atoms with E-state index in [4.69, 9.17) is 5.84 Å². The van der Waals surface area contributed by atoms with Crippen molar-refractivity contribution in [2.24, 2.45) is 5.84 Å². The summed E-state index contributed by atoms with van der Waals surface area (Å²) in [6.45, 7) is 3.95. The van der Waals surface area contributed by atoms with Crippen molar-refractivity contribution in [2.75, 3.05) is 24.3 Å². The van der Waals surface area contributed by atoms with Gasteiger partial charge in [-0.1, -0.05) is 6.92 Å². The Morgan fingerprint density at radius 3 is 2.53 bits per heavy atom. The first-order valence-electron chi connectivity index (χ1n) is 5.40. The van der Waals surface area contributed by atoms with Gasteiger partial charge >= 0.3 is 0 Å². The largest absolute Gasteiger partial charge is 0.361 e. The van der Waals surface area contributed by atoms with Crippen molar-refractivity contribution in [3.05, 3.63) is 11.4 Å². The molecule has 1 aromatic rings. The molecule has 0 unspecified atom stereocenters. The molecule has 1 rings (SSSR count). The summed E-state index contributed by atoms with van der Waals surface area (Å²) in [6.07, 6.45) is 0.698. The number of hydrogen-bond donors (Lipinski definition) is 4. The third-order valence-electron chi connectivity index (χ3n) is 2.34. The molecule has 7 nitrogen and oxygen atoms in total. The number of nitrogen functional groups attached to an aromatic ring is 1. The summed E-state index contributed by atoms with van der Waals surface area (Å²) in [5.74, 6) is 7.12. The SMILES string of the molecule is CCc1nc(NN)c(C)c(NCC(=O)NC)n1. The van der Waals surface area contributed by atoms with E-state index in [1.54, 1.807) is 7.05 Å². The second kappa shape index (κ2) is 6.00. The van der Waals surface area contributed by atoms with Crippen molar-refractivity contribution in [1.29, 1.82) is 0 Å². The number of nitrogens with zero attached hydrogens (tertiary/aromatic N) is 2. The average molecular weight is 238 g/mol. The molecule has 0 aromatic carbocycles. The summed E-state index contributed by atoms with van der Waals surface area (Å²) < 4.78 is 0. The number of carbonyl (C=O) groups is 1. The number of amides is 1. The zero-order chi connectivity index (χ0) is 12.8. The Kier molecular flexibility index (Phi) is 4.65. The van der Waals surface area contributed by atoms with Crippen molar-refractivity contribution in [3.63, 3.8) is 0 Å². The highest BCUT2D eigenvalue weighted by atomic mass is 16.1. The Labute approximate surface area is 100 Å². The maximum absolute atomic E-state index is 11.1. The molecule has 0 radical (unpaired) electrons. The lowest BCUT2D eigenvalue weighted by molar-refractivity contribution is -0.118. The zero-order valence-corrected chi connectivity index (χ0v) is 10.3. The van der Waals surface area contributed by atoms with Gasteiger partial charge in [0.05, 0.1) is 6.54 Å². The minimum absolute atomic E-state index is 0.108. The molecule has 1 amide bonds. The number of anilines is 2. The number of aryl methyl sites for hydroxylation is 1. The Morgan fingerprint density at radius 2 is 2.00 bits per heavy atom. The number of hydrazine groups is 1. The summed E-state index contributed by atoms with van der Waals surface area (Å²) in [4.78, 5) is 19.7. The van der Waals surface area contributed by atoms with E-state index in [0.29, 0.717) is 23.9 Å². The molecule has 0 aliphatic rings. The third-order valence-corrected chi connectivity index (χ3v) is 2.34. The average Bonchev–Trinajstić information content (AvgIpc) is 2.37. The van der Waals surface area contributed by atoms with Crippen LogP contribution in [0.2, 0.25) is 0 Å². The van der Waals surface area contributed by atoms with Crippen molar-refractivity contribution in [1.82, 2.24) is 15.3 Å². The molecule has 5 N–H and O–H groups in total. The Morgan fingerprint density at radius 1 is 1.35 bits per heavy atom.